The summed E-state index contributed by atoms with van der Waals surface area (Å²) in [6, 6.07) is 21.4. The largest absolute Gasteiger partial charge is 0.368 e. The normalized spacial score (nSPS) is 15.1. The number of carbonyl (C=O) groups excluding carboxylic acids is 2. The van der Waals surface area contributed by atoms with Crippen LogP contribution in [0.5, 0.6) is 0 Å². The molecule has 3 aromatic carbocycles. The molecular weight excluding hydrogens is 478 g/mol. The highest BCUT2D eigenvalue weighted by atomic mass is 16.2. The number of para-hydroxylation sites is 1. The Hall–Kier alpha value is -4.76. The van der Waals surface area contributed by atoms with Crippen molar-refractivity contribution in [1.29, 1.82) is 0 Å². The number of likely N-dealkylation sites (N-methyl/N-ethyl adjacent to an activating group) is 1. The van der Waals surface area contributed by atoms with Gasteiger partial charge >= 0.3 is 0 Å². The van der Waals surface area contributed by atoms with Crippen LogP contribution in [0, 0.1) is 0 Å². The Morgan fingerprint density at radius 3 is 2.68 bits per heavy atom. The molecule has 192 valence electrons. The van der Waals surface area contributed by atoms with Crippen molar-refractivity contribution in [2.75, 3.05) is 42.2 Å². The first-order valence-electron chi connectivity index (χ1n) is 12.4. The Kier molecular flexibility index (Phi) is 7.28. The molecule has 0 bridgehead atoms. The van der Waals surface area contributed by atoms with Gasteiger partial charge in [0.15, 0.2) is 0 Å². The average Bonchev–Trinajstić information content (AvgIpc) is 2.97. The van der Waals surface area contributed by atoms with Crippen LogP contribution < -0.4 is 26.2 Å². The lowest BCUT2D eigenvalue weighted by Crippen LogP contribution is -2.56. The lowest BCUT2D eigenvalue weighted by molar-refractivity contribution is -0.122. The Bertz CT molecular complexity index is 1490. The number of anilines is 4. The Labute approximate surface area is 221 Å². The molecule has 4 N–H and O–H groups in total. The molecule has 5 rings (SSSR count). The van der Waals surface area contributed by atoms with Crippen molar-refractivity contribution >= 4 is 45.7 Å². The van der Waals surface area contributed by atoms with Crippen LogP contribution in [0.25, 0.3) is 22.0 Å². The maximum Gasteiger partial charge on any atom is 0.247 e. The Balaban J connectivity index is 1.36. The standard InChI is InChI=1S/C29H29N7O2/c1-3-26(37)33-22-8-4-6-19(16-22)24-9-5-7-20-17-32-29(35-27(20)24)34-21-10-12-23(13-11-21)36-15-14-31-25(18-36)28(38)30-2/h3-13,16-17,25,31H,1,14-15,18H2,2H3,(H,30,38)(H,33,37)(H,32,34,35). The molecule has 1 fully saturated rings. The predicted molar refractivity (Wildman–Crippen MR) is 152 cm³/mol. The Morgan fingerprint density at radius 2 is 1.89 bits per heavy atom. The molecule has 1 aliphatic rings. The first kappa shape index (κ1) is 24.9. The topological polar surface area (TPSA) is 111 Å². The number of benzene rings is 3. The highest BCUT2D eigenvalue weighted by molar-refractivity contribution is 6.00. The van der Waals surface area contributed by atoms with Gasteiger partial charge in [-0.3, -0.25) is 9.59 Å². The molecule has 1 aromatic heterocycles. The molecule has 1 saturated heterocycles. The fraction of sp³-hybridized carbons (Fsp3) is 0.172. The van der Waals surface area contributed by atoms with Crippen molar-refractivity contribution in [2.45, 2.75) is 6.04 Å². The SMILES string of the molecule is C=CC(=O)Nc1cccc(-c2cccc3cnc(Nc4ccc(N5CCNC(C(=O)NC)C5)cc4)nc23)c1. The van der Waals surface area contributed by atoms with Crippen LogP contribution in [0.3, 0.4) is 0 Å². The molecule has 0 spiro atoms. The summed E-state index contributed by atoms with van der Waals surface area (Å²) in [4.78, 5) is 35.3. The summed E-state index contributed by atoms with van der Waals surface area (Å²) in [5, 5.41) is 13.0. The van der Waals surface area contributed by atoms with Gasteiger partial charge in [0.05, 0.1) is 5.52 Å². The number of aromatic nitrogens is 2. The van der Waals surface area contributed by atoms with Crippen LogP contribution in [0.15, 0.2) is 85.6 Å². The third kappa shape index (κ3) is 5.47. The first-order chi connectivity index (χ1) is 18.5. The number of fused-ring (bicyclic) bond motifs is 1. The van der Waals surface area contributed by atoms with E-state index in [-0.39, 0.29) is 17.9 Å². The van der Waals surface area contributed by atoms with Crippen molar-refractivity contribution in [2.24, 2.45) is 0 Å². The van der Waals surface area contributed by atoms with E-state index in [2.05, 4.69) is 37.7 Å². The van der Waals surface area contributed by atoms with E-state index < -0.39 is 0 Å². The summed E-state index contributed by atoms with van der Waals surface area (Å²) in [6.07, 6.45) is 3.04. The van der Waals surface area contributed by atoms with Gasteiger partial charge in [-0.05, 0) is 48.0 Å². The van der Waals surface area contributed by atoms with Crippen LogP contribution >= 0.6 is 0 Å². The number of nitrogens with zero attached hydrogens (tertiary/aromatic N) is 3. The minimum atomic E-state index is -0.261. The van der Waals surface area contributed by atoms with E-state index >= 15 is 0 Å². The van der Waals surface area contributed by atoms with Gasteiger partial charge in [0.25, 0.3) is 0 Å². The highest BCUT2D eigenvalue weighted by Crippen LogP contribution is 2.30. The molecule has 4 aromatic rings. The average molecular weight is 508 g/mol. The summed E-state index contributed by atoms with van der Waals surface area (Å²) in [7, 11) is 1.65. The molecule has 9 heteroatoms. The minimum absolute atomic E-state index is 0.00551. The molecule has 9 nitrogen and oxygen atoms in total. The van der Waals surface area contributed by atoms with Gasteiger partial charge in [0.1, 0.15) is 6.04 Å². The highest BCUT2D eigenvalue weighted by Gasteiger charge is 2.24. The van der Waals surface area contributed by atoms with Crippen molar-refractivity contribution in [1.82, 2.24) is 20.6 Å². The maximum atomic E-state index is 12.0. The second kappa shape index (κ2) is 11.1. The molecule has 2 heterocycles. The third-order valence-corrected chi connectivity index (χ3v) is 6.46. The van der Waals surface area contributed by atoms with Crippen LogP contribution in [0.1, 0.15) is 0 Å². The molecule has 1 unspecified atom stereocenters. The quantitative estimate of drug-likeness (QED) is 0.282. The van der Waals surface area contributed by atoms with E-state index in [4.69, 9.17) is 4.98 Å². The van der Waals surface area contributed by atoms with E-state index in [0.29, 0.717) is 18.2 Å². The van der Waals surface area contributed by atoms with Crippen LogP contribution in [-0.4, -0.2) is 54.5 Å². The molecule has 1 aliphatic heterocycles. The molecule has 38 heavy (non-hydrogen) atoms. The lowest BCUT2D eigenvalue weighted by Gasteiger charge is -2.34. The van der Waals surface area contributed by atoms with Crippen molar-refractivity contribution < 1.29 is 9.59 Å². The predicted octanol–water partition coefficient (Wildman–Crippen LogP) is 3.69. The fourth-order valence-electron chi connectivity index (χ4n) is 4.53. The maximum absolute atomic E-state index is 12.0. The van der Waals surface area contributed by atoms with Gasteiger partial charge in [-0.25, -0.2) is 9.97 Å². The minimum Gasteiger partial charge on any atom is -0.368 e. The van der Waals surface area contributed by atoms with Gasteiger partial charge in [0, 0.05) is 60.9 Å². The molecule has 1 atom stereocenters. The molecule has 2 amide bonds. The van der Waals surface area contributed by atoms with Gasteiger partial charge < -0.3 is 26.2 Å². The number of hydrogen-bond acceptors (Lipinski definition) is 7. The number of rotatable bonds is 7. The van der Waals surface area contributed by atoms with Crippen molar-refractivity contribution in [3.8, 4) is 11.1 Å². The smallest absolute Gasteiger partial charge is 0.247 e. The van der Waals surface area contributed by atoms with E-state index in [1.807, 2.05) is 66.7 Å². The second-order valence-electron chi connectivity index (χ2n) is 8.95. The molecule has 0 radical (unpaired) electrons. The van der Waals surface area contributed by atoms with E-state index in [0.717, 1.165) is 46.5 Å². The number of hydrogen-bond donors (Lipinski definition) is 4. The zero-order valence-electron chi connectivity index (χ0n) is 21.1. The summed E-state index contributed by atoms with van der Waals surface area (Å²) in [5.74, 6) is 0.216. The summed E-state index contributed by atoms with van der Waals surface area (Å²) >= 11 is 0. The van der Waals surface area contributed by atoms with Crippen molar-refractivity contribution in [3.63, 3.8) is 0 Å². The summed E-state index contributed by atoms with van der Waals surface area (Å²) < 4.78 is 0. The lowest BCUT2D eigenvalue weighted by atomic mass is 10.0. The van der Waals surface area contributed by atoms with E-state index in [1.54, 1.807) is 13.2 Å². The number of nitrogens with one attached hydrogen (secondary N) is 4. The number of amides is 2. The Morgan fingerprint density at radius 1 is 1.08 bits per heavy atom. The van der Waals surface area contributed by atoms with E-state index in [1.165, 1.54) is 6.08 Å². The molecule has 0 saturated carbocycles. The molecular formula is C29H29N7O2. The second-order valence-corrected chi connectivity index (χ2v) is 8.95. The zero-order valence-corrected chi connectivity index (χ0v) is 21.1. The van der Waals surface area contributed by atoms with Crippen LogP contribution in [0.4, 0.5) is 23.0 Å². The van der Waals surface area contributed by atoms with Gasteiger partial charge in [-0.2, -0.15) is 0 Å². The summed E-state index contributed by atoms with van der Waals surface area (Å²) in [6.45, 7) is 5.69. The number of carbonyl (C=O) groups is 2. The van der Waals surface area contributed by atoms with Gasteiger partial charge in [-0.15, -0.1) is 0 Å². The fourth-order valence-corrected chi connectivity index (χ4v) is 4.53. The monoisotopic (exact) mass is 507 g/mol. The van der Waals surface area contributed by atoms with Gasteiger partial charge in [0.2, 0.25) is 17.8 Å². The van der Waals surface area contributed by atoms with Crippen molar-refractivity contribution in [3.05, 3.63) is 85.6 Å². The number of piperazine rings is 1. The zero-order chi connectivity index (χ0) is 26.5. The summed E-state index contributed by atoms with van der Waals surface area (Å²) in [5.41, 5.74) is 5.26. The molecule has 0 aliphatic carbocycles. The van der Waals surface area contributed by atoms with Crippen LogP contribution in [-0.2, 0) is 9.59 Å². The third-order valence-electron chi connectivity index (χ3n) is 6.46. The van der Waals surface area contributed by atoms with E-state index in [9.17, 15) is 9.59 Å². The van der Waals surface area contributed by atoms with Gasteiger partial charge in [-0.1, -0.05) is 36.9 Å². The van der Waals surface area contributed by atoms with Crippen LogP contribution in [0.2, 0.25) is 0 Å². The first-order valence-corrected chi connectivity index (χ1v) is 12.4.